The van der Waals surface area contributed by atoms with Crippen LogP contribution < -0.4 is 5.32 Å². The van der Waals surface area contributed by atoms with Gasteiger partial charge in [0.15, 0.2) is 0 Å². The molecule has 0 aliphatic rings. The van der Waals surface area contributed by atoms with Crippen molar-refractivity contribution >= 4 is 15.9 Å². The molecule has 4 heteroatoms. The molecule has 2 aromatic rings. The molecule has 0 aliphatic heterocycles. The van der Waals surface area contributed by atoms with Crippen LogP contribution in [0.5, 0.6) is 0 Å². The average molecular weight is 310 g/mol. The summed E-state index contributed by atoms with van der Waals surface area (Å²) in [5, 5.41) is 3.08. The van der Waals surface area contributed by atoms with E-state index in [9.17, 15) is 0 Å². The number of hydrogen-bond acceptors (Lipinski definition) is 3. The Morgan fingerprint density at radius 3 is 2.67 bits per heavy atom. The number of furan rings is 1. The van der Waals surface area contributed by atoms with Crippen LogP contribution >= 0.6 is 15.9 Å². The van der Waals surface area contributed by atoms with Gasteiger partial charge in [-0.2, -0.15) is 0 Å². The summed E-state index contributed by atoms with van der Waals surface area (Å²) in [6.07, 6.45) is 1.76. The molecule has 0 atom stereocenters. The van der Waals surface area contributed by atoms with Gasteiger partial charge in [-0.1, -0.05) is 28.1 Å². The number of rotatable bonds is 6. The predicted octanol–water partition coefficient (Wildman–Crippen LogP) is 3.48. The number of nitrogens with one attached hydrogen (secondary N) is 1. The van der Waals surface area contributed by atoms with Crippen molar-refractivity contribution in [2.75, 3.05) is 7.05 Å². The van der Waals surface area contributed by atoms with Crippen LogP contribution in [0.4, 0.5) is 0 Å². The Kier molecular flexibility index (Phi) is 4.99. The predicted molar refractivity (Wildman–Crippen MR) is 74.1 cm³/mol. The van der Waals surface area contributed by atoms with Crippen molar-refractivity contribution in [3.63, 3.8) is 0 Å². The van der Waals surface area contributed by atoms with Gasteiger partial charge >= 0.3 is 0 Å². The molecular weight excluding hydrogens is 294 g/mol. The van der Waals surface area contributed by atoms with E-state index in [0.717, 1.165) is 27.9 Å². The maximum absolute atomic E-state index is 5.61. The minimum Gasteiger partial charge on any atom is -0.467 e. The van der Waals surface area contributed by atoms with Crippen molar-refractivity contribution in [3.05, 3.63) is 58.0 Å². The summed E-state index contributed by atoms with van der Waals surface area (Å²) in [6, 6.07) is 10.1. The molecule has 1 heterocycles. The van der Waals surface area contributed by atoms with E-state index in [1.807, 2.05) is 37.4 Å². The number of benzene rings is 1. The van der Waals surface area contributed by atoms with E-state index in [4.69, 9.17) is 9.15 Å². The first-order valence-corrected chi connectivity index (χ1v) is 6.60. The topological polar surface area (TPSA) is 34.4 Å². The molecule has 0 amide bonds. The second-order valence-electron chi connectivity index (χ2n) is 4.07. The molecular formula is C14H16BrNO2. The molecule has 0 fully saturated rings. The van der Waals surface area contributed by atoms with Crippen LogP contribution in [0, 0.1) is 0 Å². The quantitative estimate of drug-likeness (QED) is 0.887. The third-order valence-corrected chi connectivity index (χ3v) is 3.04. The van der Waals surface area contributed by atoms with Crippen LogP contribution in [0.2, 0.25) is 0 Å². The SMILES string of the molecule is CNCc1coc(COCc2ccc(Br)cc2)c1. The first-order chi connectivity index (χ1) is 8.78. The highest BCUT2D eigenvalue weighted by Crippen LogP contribution is 2.13. The van der Waals surface area contributed by atoms with Crippen LogP contribution in [0.15, 0.2) is 45.5 Å². The zero-order valence-electron chi connectivity index (χ0n) is 10.3. The fraction of sp³-hybridized carbons (Fsp3) is 0.286. The maximum atomic E-state index is 5.61. The lowest BCUT2D eigenvalue weighted by Gasteiger charge is -2.02. The number of hydrogen-bond donors (Lipinski definition) is 1. The third-order valence-electron chi connectivity index (χ3n) is 2.52. The van der Waals surface area contributed by atoms with Crippen LogP contribution in [0.3, 0.4) is 0 Å². The molecule has 18 heavy (non-hydrogen) atoms. The van der Waals surface area contributed by atoms with E-state index in [1.165, 1.54) is 0 Å². The monoisotopic (exact) mass is 309 g/mol. The van der Waals surface area contributed by atoms with E-state index < -0.39 is 0 Å². The van der Waals surface area contributed by atoms with Gasteiger partial charge in [-0.3, -0.25) is 0 Å². The Hall–Kier alpha value is -1.10. The lowest BCUT2D eigenvalue weighted by molar-refractivity contribution is 0.0929. The van der Waals surface area contributed by atoms with Gasteiger partial charge in [0.05, 0.1) is 12.9 Å². The number of ether oxygens (including phenoxy) is 1. The normalized spacial score (nSPS) is 10.8. The molecule has 96 valence electrons. The smallest absolute Gasteiger partial charge is 0.129 e. The van der Waals surface area contributed by atoms with E-state index in [2.05, 4.69) is 21.2 Å². The molecule has 1 aromatic heterocycles. The summed E-state index contributed by atoms with van der Waals surface area (Å²) < 4.78 is 12.1. The highest BCUT2D eigenvalue weighted by molar-refractivity contribution is 9.10. The molecule has 0 aliphatic carbocycles. The maximum Gasteiger partial charge on any atom is 0.129 e. The Labute approximate surface area is 115 Å². The molecule has 0 spiro atoms. The van der Waals surface area contributed by atoms with E-state index in [0.29, 0.717) is 13.2 Å². The summed E-state index contributed by atoms with van der Waals surface area (Å²) in [6.45, 7) is 1.91. The van der Waals surface area contributed by atoms with Crippen LogP contribution in [0.25, 0.3) is 0 Å². The molecule has 3 nitrogen and oxygen atoms in total. The summed E-state index contributed by atoms with van der Waals surface area (Å²) in [5.41, 5.74) is 2.29. The van der Waals surface area contributed by atoms with Crippen molar-refractivity contribution in [2.45, 2.75) is 19.8 Å². The minimum atomic E-state index is 0.500. The highest BCUT2D eigenvalue weighted by atomic mass is 79.9. The van der Waals surface area contributed by atoms with Crippen LogP contribution in [-0.2, 0) is 24.5 Å². The van der Waals surface area contributed by atoms with Gasteiger partial charge in [-0.15, -0.1) is 0 Å². The summed E-state index contributed by atoms with van der Waals surface area (Å²) in [5.74, 6) is 0.859. The lowest BCUT2D eigenvalue weighted by Crippen LogP contribution is -2.03. The molecule has 1 aromatic carbocycles. The van der Waals surface area contributed by atoms with E-state index in [1.54, 1.807) is 6.26 Å². The molecule has 1 N–H and O–H groups in total. The van der Waals surface area contributed by atoms with Crippen molar-refractivity contribution < 1.29 is 9.15 Å². The van der Waals surface area contributed by atoms with Crippen molar-refractivity contribution in [2.24, 2.45) is 0 Å². The average Bonchev–Trinajstić information content (AvgIpc) is 2.80. The Morgan fingerprint density at radius 2 is 1.94 bits per heavy atom. The van der Waals surface area contributed by atoms with Crippen LogP contribution in [-0.4, -0.2) is 7.05 Å². The van der Waals surface area contributed by atoms with Crippen molar-refractivity contribution in [3.8, 4) is 0 Å². The lowest BCUT2D eigenvalue weighted by atomic mass is 10.2. The molecule has 0 bridgehead atoms. The summed E-state index contributed by atoms with van der Waals surface area (Å²) in [4.78, 5) is 0. The Morgan fingerprint density at radius 1 is 1.17 bits per heavy atom. The molecule has 0 saturated carbocycles. The summed E-state index contributed by atoms with van der Waals surface area (Å²) >= 11 is 3.41. The van der Waals surface area contributed by atoms with Crippen LogP contribution in [0.1, 0.15) is 16.9 Å². The fourth-order valence-electron chi connectivity index (χ4n) is 1.65. The van der Waals surface area contributed by atoms with Gasteiger partial charge in [-0.25, -0.2) is 0 Å². The fourth-order valence-corrected chi connectivity index (χ4v) is 1.91. The van der Waals surface area contributed by atoms with Gasteiger partial charge in [0.1, 0.15) is 12.4 Å². The van der Waals surface area contributed by atoms with Crippen molar-refractivity contribution in [1.29, 1.82) is 0 Å². The molecule has 0 saturated heterocycles. The first kappa shape index (κ1) is 13.3. The highest BCUT2D eigenvalue weighted by Gasteiger charge is 2.01. The first-order valence-electron chi connectivity index (χ1n) is 5.81. The minimum absolute atomic E-state index is 0.500. The Balaban J connectivity index is 1.79. The zero-order valence-corrected chi connectivity index (χ0v) is 11.9. The van der Waals surface area contributed by atoms with E-state index in [-0.39, 0.29) is 0 Å². The third kappa shape index (κ3) is 3.98. The van der Waals surface area contributed by atoms with Gasteiger partial charge in [-0.05, 0) is 30.8 Å². The number of halogens is 1. The second-order valence-corrected chi connectivity index (χ2v) is 4.99. The standard InChI is InChI=1S/C14H16BrNO2/c1-16-7-12-6-14(18-9-12)10-17-8-11-2-4-13(15)5-3-11/h2-6,9,16H,7-8,10H2,1H3. The summed E-state index contributed by atoms with van der Waals surface area (Å²) in [7, 11) is 1.91. The molecule has 0 radical (unpaired) electrons. The molecule has 2 rings (SSSR count). The second kappa shape index (κ2) is 6.73. The largest absolute Gasteiger partial charge is 0.467 e. The van der Waals surface area contributed by atoms with E-state index >= 15 is 0 Å². The van der Waals surface area contributed by atoms with Crippen molar-refractivity contribution in [1.82, 2.24) is 5.32 Å². The molecule has 0 unspecified atom stereocenters. The zero-order chi connectivity index (χ0) is 12.8. The van der Waals surface area contributed by atoms with Gasteiger partial charge in [0, 0.05) is 16.6 Å². The Bertz CT molecular complexity index is 479. The van der Waals surface area contributed by atoms with Gasteiger partial charge in [0.25, 0.3) is 0 Å². The van der Waals surface area contributed by atoms with Gasteiger partial charge < -0.3 is 14.5 Å². The van der Waals surface area contributed by atoms with Gasteiger partial charge in [0.2, 0.25) is 0 Å².